The predicted molar refractivity (Wildman–Crippen MR) is 75.7 cm³/mol. The normalized spacial score (nSPS) is 11.0. The first-order valence-corrected chi connectivity index (χ1v) is 6.69. The van der Waals surface area contributed by atoms with Crippen molar-refractivity contribution in [3.63, 3.8) is 0 Å². The van der Waals surface area contributed by atoms with Crippen molar-refractivity contribution in [2.45, 2.75) is 31.9 Å². The lowest BCUT2D eigenvalue weighted by atomic mass is 10.2. The van der Waals surface area contributed by atoms with E-state index >= 15 is 0 Å². The van der Waals surface area contributed by atoms with E-state index in [2.05, 4.69) is 10.6 Å². The Morgan fingerprint density at radius 3 is 2.23 bits per heavy atom. The minimum absolute atomic E-state index is 0.0169. The Labute approximate surface area is 125 Å². The number of carboxylic acid groups (broad SMARTS) is 1. The highest BCUT2D eigenvalue weighted by atomic mass is 19.4. The number of nitrogens with one attached hydrogen (secondary N) is 2. The standard InChI is InChI=1S/C14H17F3N2O3/c15-14(16,17)9-18-10-5-1-2-6-11(10)19-12(20)7-3-4-8-13(21)22/h1-2,5-6,18H,3-4,7-9H2,(H,19,20)(H,21,22). The lowest BCUT2D eigenvalue weighted by Gasteiger charge is -2.14. The summed E-state index contributed by atoms with van der Waals surface area (Å²) in [5.41, 5.74) is 0.439. The molecule has 0 aliphatic heterocycles. The van der Waals surface area contributed by atoms with Crippen LogP contribution in [0.25, 0.3) is 0 Å². The van der Waals surface area contributed by atoms with Gasteiger partial charge in [0.05, 0.1) is 11.4 Å². The quantitative estimate of drug-likeness (QED) is 0.643. The number of rotatable bonds is 8. The van der Waals surface area contributed by atoms with Crippen LogP contribution in [0.15, 0.2) is 24.3 Å². The molecule has 0 spiro atoms. The van der Waals surface area contributed by atoms with Gasteiger partial charge in [-0.2, -0.15) is 13.2 Å². The van der Waals surface area contributed by atoms with Gasteiger partial charge in [0, 0.05) is 12.8 Å². The number of carbonyl (C=O) groups is 2. The van der Waals surface area contributed by atoms with Crippen molar-refractivity contribution in [1.82, 2.24) is 0 Å². The zero-order valence-electron chi connectivity index (χ0n) is 11.7. The van der Waals surface area contributed by atoms with Gasteiger partial charge in [0.1, 0.15) is 6.54 Å². The number of aliphatic carboxylic acids is 1. The van der Waals surface area contributed by atoms with Gasteiger partial charge in [-0.05, 0) is 25.0 Å². The van der Waals surface area contributed by atoms with Crippen LogP contribution in [0.2, 0.25) is 0 Å². The van der Waals surface area contributed by atoms with Gasteiger partial charge in [0.2, 0.25) is 5.91 Å². The SMILES string of the molecule is O=C(O)CCCCC(=O)Nc1ccccc1NCC(F)(F)F. The van der Waals surface area contributed by atoms with Crippen molar-refractivity contribution in [3.8, 4) is 0 Å². The average molecular weight is 318 g/mol. The first kappa shape index (κ1) is 17.8. The lowest BCUT2D eigenvalue weighted by molar-refractivity contribution is -0.137. The number of carbonyl (C=O) groups excluding carboxylic acids is 1. The number of benzene rings is 1. The molecule has 1 rings (SSSR count). The molecule has 1 aromatic rings. The number of anilines is 2. The molecule has 22 heavy (non-hydrogen) atoms. The highest BCUT2D eigenvalue weighted by molar-refractivity contribution is 5.94. The summed E-state index contributed by atoms with van der Waals surface area (Å²) in [4.78, 5) is 22.0. The molecule has 0 saturated carbocycles. The third-order valence-corrected chi connectivity index (χ3v) is 2.72. The third-order valence-electron chi connectivity index (χ3n) is 2.72. The smallest absolute Gasteiger partial charge is 0.405 e. The second-order valence-corrected chi connectivity index (χ2v) is 4.66. The minimum atomic E-state index is -4.35. The van der Waals surface area contributed by atoms with Gasteiger partial charge < -0.3 is 15.7 Å². The number of unbranched alkanes of at least 4 members (excludes halogenated alkanes) is 1. The fourth-order valence-corrected chi connectivity index (χ4v) is 1.72. The number of carboxylic acids is 1. The fourth-order valence-electron chi connectivity index (χ4n) is 1.72. The summed E-state index contributed by atoms with van der Waals surface area (Å²) in [6, 6.07) is 6.08. The summed E-state index contributed by atoms with van der Waals surface area (Å²) >= 11 is 0. The Kier molecular flexibility index (Phi) is 6.68. The van der Waals surface area contributed by atoms with Crippen LogP contribution in [0.5, 0.6) is 0 Å². The van der Waals surface area contributed by atoms with Crippen LogP contribution in [0, 0.1) is 0 Å². The summed E-state index contributed by atoms with van der Waals surface area (Å²) in [5, 5.41) is 13.2. The zero-order chi connectivity index (χ0) is 16.6. The largest absolute Gasteiger partial charge is 0.481 e. The van der Waals surface area contributed by atoms with Crippen LogP contribution >= 0.6 is 0 Å². The van der Waals surface area contributed by atoms with Gasteiger partial charge >= 0.3 is 12.1 Å². The van der Waals surface area contributed by atoms with Crippen LogP contribution in [0.1, 0.15) is 25.7 Å². The number of halogens is 3. The second-order valence-electron chi connectivity index (χ2n) is 4.66. The van der Waals surface area contributed by atoms with E-state index < -0.39 is 18.7 Å². The van der Waals surface area contributed by atoms with Crippen molar-refractivity contribution < 1.29 is 27.9 Å². The van der Waals surface area contributed by atoms with Gasteiger partial charge in [0.25, 0.3) is 0 Å². The van der Waals surface area contributed by atoms with Gasteiger partial charge in [-0.25, -0.2) is 0 Å². The van der Waals surface area contributed by atoms with Gasteiger partial charge in [-0.15, -0.1) is 0 Å². The lowest BCUT2D eigenvalue weighted by Crippen LogP contribution is -2.22. The van der Waals surface area contributed by atoms with E-state index in [9.17, 15) is 22.8 Å². The molecule has 1 aromatic carbocycles. The Morgan fingerprint density at radius 2 is 1.64 bits per heavy atom. The predicted octanol–water partition coefficient (Wildman–Crippen LogP) is 3.24. The Hall–Kier alpha value is -2.25. The summed E-state index contributed by atoms with van der Waals surface area (Å²) in [6.07, 6.45) is -3.49. The molecule has 0 atom stereocenters. The first-order chi connectivity index (χ1) is 10.3. The molecular formula is C14H17F3N2O3. The van der Waals surface area contributed by atoms with Crippen molar-refractivity contribution in [2.24, 2.45) is 0 Å². The molecular weight excluding hydrogens is 301 g/mol. The van der Waals surface area contributed by atoms with Crippen LogP contribution < -0.4 is 10.6 Å². The third kappa shape index (κ3) is 7.51. The molecule has 0 bridgehead atoms. The number of hydrogen-bond acceptors (Lipinski definition) is 3. The molecule has 122 valence electrons. The monoisotopic (exact) mass is 318 g/mol. The van der Waals surface area contributed by atoms with Gasteiger partial charge in [0.15, 0.2) is 0 Å². The summed E-state index contributed by atoms with van der Waals surface area (Å²) in [6.45, 7) is -1.20. The molecule has 0 aliphatic carbocycles. The van der Waals surface area contributed by atoms with E-state index in [0.29, 0.717) is 12.8 Å². The van der Waals surface area contributed by atoms with E-state index in [4.69, 9.17) is 5.11 Å². The van der Waals surface area contributed by atoms with Gasteiger partial charge in [-0.3, -0.25) is 9.59 Å². The van der Waals surface area contributed by atoms with Crippen LogP contribution in [-0.4, -0.2) is 29.7 Å². The van der Waals surface area contributed by atoms with Gasteiger partial charge in [-0.1, -0.05) is 12.1 Å². The van der Waals surface area contributed by atoms with Crippen molar-refractivity contribution >= 4 is 23.3 Å². The maximum atomic E-state index is 12.2. The summed E-state index contributed by atoms with van der Waals surface area (Å²) in [7, 11) is 0. The van der Waals surface area contributed by atoms with E-state index in [0.717, 1.165) is 0 Å². The number of hydrogen-bond donors (Lipinski definition) is 3. The Morgan fingerprint density at radius 1 is 1.05 bits per heavy atom. The van der Waals surface area contributed by atoms with Crippen LogP contribution in [0.4, 0.5) is 24.5 Å². The maximum absolute atomic E-state index is 12.2. The molecule has 0 heterocycles. The average Bonchev–Trinajstić information content (AvgIpc) is 2.41. The topological polar surface area (TPSA) is 78.4 Å². The van der Waals surface area contributed by atoms with E-state index in [1.807, 2.05) is 0 Å². The summed E-state index contributed by atoms with van der Waals surface area (Å²) in [5.74, 6) is -1.30. The number of amides is 1. The fraction of sp³-hybridized carbons (Fsp3) is 0.429. The molecule has 0 fully saturated rings. The van der Waals surface area contributed by atoms with E-state index in [-0.39, 0.29) is 30.1 Å². The van der Waals surface area contributed by atoms with Crippen molar-refractivity contribution in [2.75, 3.05) is 17.2 Å². The molecule has 8 heteroatoms. The molecule has 0 unspecified atom stereocenters. The molecule has 3 N–H and O–H groups in total. The highest BCUT2D eigenvalue weighted by Gasteiger charge is 2.26. The maximum Gasteiger partial charge on any atom is 0.405 e. The Balaban J connectivity index is 2.50. The van der Waals surface area contributed by atoms with Crippen molar-refractivity contribution in [1.29, 1.82) is 0 Å². The minimum Gasteiger partial charge on any atom is -0.481 e. The highest BCUT2D eigenvalue weighted by Crippen LogP contribution is 2.23. The zero-order valence-corrected chi connectivity index (χ0v) is 11.7. The molecule has 0 aliphatic rings. The molecule has 0 saturated heterocycles. The number of para-hydroxylation sites is 2. The first-order valence-electron chi connectivity index (χ1n) is 6.69. The summed E-state index contributed by atoms with van der Waals surface area (Å²) < 4.78 is 36.6. The molecule has 0 radical (unpaired) electrons. The number of alkyl halides is 3. The van der Waals surface area contributed by atoms with E-state index in [1.165, 1.54) is 12.1 Å². The van der Waals surface area contributed by atoms with E-state index in [1.54, 1.807) is 12.1 Å². The molecule has 0 aromatic heterocycles. The Bertz CT molecular complexity index is 518. The second kappa shape index (κ2) is 8.26. The molecule has 1 amide bonds. The molecule has 5 nitrogen and oxygen atoms in total. The van der Waals surface area contributed by atoms with Crippen LogP contribution in [-0.2, 0) is 9.59 Å². The van der Waals surface area contributed by atoms with Crippen LogP contribution in [0.3, 0.4) is 0 Å². The van der Waals surface area contributed by atoms with Crippen molar-refractivity contribution in [3.05, 3.63) is 24.3 Å².